The summed E-state index contributed by atoms with van der Waals surface area (Å²) in [4.78, 5) is 2.43. The number of aryl methyl sites for hydroxylation is 1. The van der Waals surface area contributed by atoms with E-state index in [4.69, 9.17) is 4.42 Å². The number of nitrogens with one attached hydrogen (secondary N) is 1. The molecular weight excluding hydrogens is 260 g/mol. The molecule has 1 aromatic rings. The average molecular weight is 292 g/mol. The molecule has 1 N–H and O–H groups in total. The summed E-state index contributed by atoms with van der Waals surface area (Å²) >= 11 is 0. The molecule has 2 rings (SSSR count). The monoisotopic (exact) mass is 292 g/mol. The molecule has 1 aliphatic rings. The van der Waals surface area contributed by atoms with Gasteiger partial charge in [-0.05, 0) is 51.8 Å². The van der Waals surface area contributed by atoms with Crippen LogP contribution in [0.25, 0.3) is 0 Å². The SMILES string of the molecule is CCCNCc1cc(CN(C)CC2CCCCC2)oc1C. The van der Waals surface area contributed by atoms with E-state index in [0.29, 0.717) is 0 Å². The van der Waals surface area contributed by atoms with Crippen molar-refractivity contribution in [2.45, 2.75) is 65.5 Å². The van der Waals surface area contributed by atoms with E-state index < -0.39 is 0 Å². The highest BCUT2D eigenvalue weighted by Gasteiger charge is 2.16. The van der Waals surface area contributed by atoms with Crippen molar-refractivity contribution in [2.24, 2.45) is 5.92 Å². The molecule has 0 spiro atoms. The van der Waals surface area contributed by atoms with E-state index in [-0.39, 0.29) is 0 Å². The van der Waals surface area contributed by atoms with E-state index in [2.05, 4.69) is 37.2 Å². The Morgan fingerprint density at radius 1 is 1.29 bits per heavy atom. The number of hydrogen-bond acceptors (Lipinski definition) is 3. The number of nitrogens with zero attached hydrogens (tertiary/aromatic N) is 1. The summed E-state index contributed by atoms with van der Waals surface area (Å²) in [7, 11) is 2.22. The molecule has 1 heterocycles. The van der Waals surface area contributed by atoms with Crippen LogP contribution in [0.4, 0.5) is 0 Å². The van der Waals surface area contributed by atoms with Gasteiger partial charge >= 0.3 is 0 Å². The predicted molar refractivity (Wildman–Crippen MR) is 88.4 cm³/mol. The minimum atomic E-state index is 0.894. The quantitative estimate of drug-likeness (QED) is 0.731. The molecule has 1 fully saturated rings. The van der Waals surface area contributed by atoms with E-state index in [1.165, 1.54) is 50.6 Å². The molecule has 0 unspecified atom stereocenters. The minimum Gasteiger partial charge on any atom is -0.465 e. The summed E-state index contributed by atoms with van der Waals surface area (Å²) in [5, 5.41) is 3.45. The fourth-order valence-corrected chi connectivity index (χ4v) is 3.38. The molecule has 120 valence electrons. The lowest BCUT2D eigenvalue weighted by Gasteiger charge is -2.26. The van der Waals surface area contributed by atoms with Gasteiger partial charge in [-0.1, -0.05) is 26.2 Å². The van der Waals surface area contributed by atoms with Gasteiger partial charge in [0.15, 0.2) is 0 Å². The summed E-state index contributed by atoms with van der Waals surface area (Å²) < 4.78 is 5.92. The van der Waals surface area contributed by atoms with Crippen molar-refractivity contribution in [3.05, 3.63) is 23.2 Å². The van der Waals surface area contributed by atoms with Gasteiger partial charge in [0.2, 0.25) is 0 Å². The fourth-order valence-electron chi connectivity index (χ4n) is 3.38. The van der Waals surface area contributed by atoms with E-state index >= 15 is 0 Å². The van der Waals surface area contributed by atoms with Gasteiger partial charge < -0.3 is 9.73 Å². The van der Waals surface area contributed by atoms with Crippen LogP contribution in [0.15, 0.2) is 10.5 Å². The standard InChI is InChI=1S/C18H32N2O/c1-4-10-19-12-17-11-18(21-15(17)2)14-20(3)13-16-8-6-5-7-9-16/h11,16,19H,4-10,12-14H2,1-3H3. The minimum absolute atomic E-state index is 0.894. The third-order valence-electron chi connectivity index (χ3n) is 4.53. The topological polar surface area (TPSA) is 28.4 Å². The Bertz CT molecular complexity index is 407. The van der Waals surface area contributed by atoms with Crippen LogP contribution in [0.1, 0.15) is 62.5 Å². The van der Waals surface area contributed by atoms with Gasteiger partial charge in [0, 0.05) is 18.7 Å². The van der Waals surface area contributed by atoms with E-state index in [9.17, 15) is 0 Å². The zero-order chi connectivity index (χ0) is 15.1. The molecule has 0 saturated heterocycles. The smallest absolute Gasteiger partial charge is 0.118 e. The van der Waals surface area contributed by atoms with Crippen LogP contribution in [-0.4, -0.2) is 25.0 Å². The van der Waals surface area contributed by atoms with Crippen LogP contribution in [-0.2, 0) is 13.1 Å². The zero-order valence-electron chi connectivity index (χ0n) is 14.1. The molecule has 0 radical (unpaired) electrons. The molecule has 3 nitrogen and oxygen atoms in total. The van der Waals surface area contributed by atoms with Crippen molar-refractivity contribution in [3.8, 4) is 0 Å². The average Bonchev–Trinajstić information content (AvgIpc) is 2.80. The molecule has 1 aromatic heterocycles. The van der Waals surface area contributed by atoms with Crippen molar-refractivity contribution in [3.63, 3.8) is 0 Å². The van der Waals surface area contributed by atoms with Crippen LogP contribution in [0.2, 0.25) is 0 Å². The highest BCUT2D eigenvalue weighted by atomic mass is 16.3. The maximum absolute atomic E-state index is 5.92. The summed E-state index contributed by atoms with van der Waals surface area (Å²) in [6.45, 7) is 8.42. The Balaban J connectivity index is 1.79. The first-order chi connectivity index (χ1) is 10.2. The highest BCUT2D eigenvalue weighted by Crippen LogP contribution is 2.25. The summed E-state index contributed by atoms with van der Waals surface area (Å²) in [5.41, 5.74) is 1.31. The van der Waals surface area contributed by atoms with E-state index in [1.54, 1.807) is 0 Å². The second-order valence-corrected chi connectivity index (χ2v) is 6.67. The summed E-state index contributed by atoms with van der Waals surface area (Å²) in [6, 6.07) is 2.23. The molecule has 3 heteroatoms. The number of rotatable bonds is 8. The van der Waals surface area contributed by atoms with Gasteiger partial charge in [0.1, 0.15) is 11.5 Å². The van der Waals surface area contributed by atoms with Crippen molar-refractivity contribution in [1.29, 1.82) is 0 Å². The Morgan fingerprint density at radius 3 is 2.76 bits per heavy atom. The molecule has 0 amide bonds. The molecule has 21 heavy (non-hydrogen) atoms. The Hall–Kier alpha value is -0.800. The van der Waals surface area contributed by atoms with Gasteiger partial charge in [-0.15, -0.1) is 0 Å². The van der Waals surface area contributed by atoms with Gasteiger partial charge in [0.05, 0.1) is 6.54 Å². The third-order valence-corrected chi connectivity index (χ3v) is 4.53. The van der Waals surface area contributed by atoms with Gasteiger partial charge in [-0.2, -0.15) is 0 Å². The molecule has 0 aromatic carbocycles. The summed E-state index contributed by atoms with van der Waals surface area (Å²) in [5.74, 6) is 3.07. The van der Waals surface area contributed by atoms with Crippen LogP contribution in [0, 0.1) is 12.8 Å². The summed E-state index contributed by atoms with van der Waals surface area (Å²) in [6.07, 6.45) is 8.28. The Kier molecular flexibility index (Phi) is 6.78. The maximum atomic E-state index is 5.92. The van der Waals surface area contributed by atoms with Crippen LogP contribution in [0.3, 0.4) is 0 Å². The molecule has 0 aliphatic heterocycles. The predicted octanol–water partition coefficient (Wildman–Crippen LogP) is 4.10. The second-order valence-electron chi connectivity index (χ2n) is 6.67. The lowest BCUT2D eigenvalue weighted by atomic mass is 9.89. The van der Waals surface area contributed by atoms with Crippen LogP contribution >= 0.6 is 0 Å². The van der Waals surface area contributed by atoms with Crippen molar-refractivity contribution < 1.29 is 4.42 Å². The third kappa shape index (κ3) is 5.48. The highest BCUT2D eigenvalue weighted by molar-refractivity contribution is 5.20. The van der Waals surface area contributed by atoms with Crippen molar-refractivity contribution in [1.82, 2.24) is 10.2 Å². The lowest BCUT2D eigenvalue weighted by Crippen LogP contribution is -2.26. The molecule has 1 saturated carbocycles. The molecule has 1 aliphatic carbocycles. The maximum Gasteiger partial charge on any atom is 0.118 e. The first kappa shape index (κ1) is 16.6. The second kappa shape index (κ2) is 8.60. The largest absolute Gasteiger partial charge is 0.465 e. The van der Waals surface area contributed by atoms with Crippen molar-refractivity contribution in [2.75, 3.05) is 20.1 Å². The fraction of sp³-hybridized carbons (Fsp3) is 0.778. The lowest BCUT2D eigenvalue weighted by molar-refractivity contribution is 0.215. The number of hydrogen-bond donors (Lipinski definition) is 1. The van der Waals surface area contributed by atoms with Gasteiger partial charge in [-0.3, -0.25) is 4.90 Å². The normalized spacial score (nSPS) is 16.8. The van der Waals surface area contributed by atoms with E-state index in [0.717, 1.165) is 37.1 Å². The molecular formula is C18H32N2O. The Morgan fingerprint density at radius 2 is 2.05 bits per heavy atom. The number of furan rings is 1. The molecule has 0 atom stereocenters. The van der Waals surface area contributed by atoms with Gasteiger partial charge in [-0.25, -0.2) is 0 Å². The van der Waals surface area contributed by atoms with E-state index in [1.807, 2.05) is 0 Å². The Labute approximate surface area is 130 Å². The first-order valence-corrected chi connectivity index (χ1v) is 8.66. The zero-order valence-corrected chi connectivity index (χ0v) is 14.1. The van der Waals surface area contributed by atoms with Crippen LogP contribution in [0.5, 0.6) is 0 Å². The van der Waals surface area contributed by atoms with Crippen molar-refractivity contribution >= 4 is 0 Å². The van der Waals surface area contributed by atoms with Crippen LogP contribution < -0.4 is 5.32 Å². The van der Waals surface area contributed by atoms with Gasteiger partial charge in [0.25, 0.3) is 0 Å². The molecule has 0 bridgehead atoms. The first-order valence-electron chi connectivity index (χ1n) is 8.66.